The molecule has 0 aliphatic carbocycles. The van der Waals surface area contributed by atoms with E-state index in [9.17, 15) is 10.3 Å². The fourth-order valence-corrected chi connectivity index (χ4v) is 5.96. The Morgan fingerprint density at radius 1 is 1.17 bits per heavy atom. The van der Waals surface area contributed by atoms with Gasteiger partial charge in [-0.25, -0.2) is 9.29 Å². The van der Waals surface area contributed by atoms with Crippen LogP contribution in [0, 0.1) is 0 Å². The maximum absolute atomic E-state index is 11.6. The van der Waals surface area contributed by atoms with Crippen molar-refractivity contribution in [2.45, 2.75) is 70.2 Å². The number of hydrogen-bond donors (Lipinski definition) is 2. The van der Waals surface area contributed by atoms with Gasteiger partial charge in [0.1, 0.15) is 18.1 Å². The number of anilines is 1. The number of halogens is 1. The van der Waals surface area contributed by atoms with Gasteiger partial charge in [-0.2, -0.15) is 5.06 Å². The largest absolute Gasteiger partial charge is 0.366 e. The van der Waals surface area contributed by atoms with Crippen molar-refractivity contribution in [2.24, 2.45) is 0 Å². The van der Waals surface area contributed by atoms with Crippen molar-refractivity contribution in [3.63, 3.8) is 0 Å². The molecule has 2 fully saturated rings. The van der Waals surface area contributed by atoms with Gasteiger partial charge < -0.3 is 34.2 Å². The van der Waals surface area contributed by atoms with E-state index in [0.29, 0.717) is 17.2 Å². The smallest absolute Gasteiger partial charge is 0.162 e. The molecule has 11 nitrogen and oxygen atoms in total. The van der Waals surface area contributed by atoms with Gasteiger partial charge in [0.25, 0.3) is 0 Å². The summed E-state index contributed by atoms with van der Waals surface area (Å²) in [7, 11) is 1.57. The van der Waals surface area contributed by atoms with Crippen LogP contribution >= 0.6 is 23.5 Å². The van der Waals surface area contributed by atoms with E-state index >= 15 is 0 Å². The summed E-state index contributed by atoms with van der Waals surface area (Å²) in [6, 6.07) is 7.22. The molecule has 2 aromatic heterocycles. The van der Waals surface area contributed by atoms with E-state index < -0.39 is 36.1 Å². The zero-order valence-corrected chi connectivity index (χ0v) is 25.9. The quantitative estimate of drug-likeness (QED) is 0.194. The molecule has 4 rings (SSSR count). The van der Waals surface area contributed by atoms with Crippen LogP contribution in [0.25, 0.3) is 0 Å². The second-order valence-corrected chi connectivity index (χ2v) is 12.7. The number of pyridine rings is 2. The highest BCUT2D eigenvalue weighted by Gasteiger charge is 2.44. The van der Waals surface area contributed by atoms with E-state index in [1.807, 2.05) is 38.1 Å². The highest BCUT2D eigenvalue weighted by molar-refractivity contribution is 7.97. The minimum atomic E-state index is -1.37. The Balaban J connectivity index is 1.40. The number of hydroxylamine groups is 2. The molecule has 4 unspecified atom stereocenters. The Labute approximate surface area is 251 Å². The second-order valence-electron chi connectivity index (χ2n) is 11.1. The van der Waals surface area contributed by atoms with Crippen LogP contribution in [0.15, 0.2) is 42.9 Å². The Morgan fingerprint density at radius 2 is 1.93 bits per heavy atom. The van der Waals surface area contributed by atoms with Crippen LogP contribution in [0.4, 0.5) is 5.82 Å². The molecule has 13 heteroatoms. The average molecular weight is 612 g/mol. The second kappa shape index (κ2) is 14.3. The molecule has 4 heterocycles. The van der Waals surface area contributed by atoms with Crippen molar-refractivity contribution >= 4 is 29.4 Å². The predicted octanol–water partition coefficient (Wildman–Crippen LogP) is 3.96. The highest BCUT2D eigenvalue weighted by atomic mass is 35.5. The van der Waals surface area contributed by atoms with Crippen LogP contribution in [0.5, 0.6) is 0 Å². The summed E-state index contributed by atoms with van der Waals surface area (Å²) < 4.78 is 25.8. The van der Waals surface area contributed by atoms with Crippen LogP contribution in [-0.2, 0) is 18.9 Å². The third-order valence-corrected chi connectivity index (χ3v) is 8.50. The Kier molecular flexibility index (Phi) is 11.2. The normalized spacial score (nSPS) is 23.3. The minimum Gasteiger partial charge on any atom is -0.366 e. The maximum atomic E-state index is 11.6. The summed E-state index contributed by atoms with van der Waals surface area (Å²) in [5, 5.41) is 23.8. The number of aliphatic hydroxyl groups is 1. The molecule has 2 aliphatic rings. The molecule has 0 bridgehead atoms. The van der Waals surface area contributed by atoms with Crippen LogP contribution in [-0.4, -0.2) is 105 Å². The van der Waals surface area contributed by atoms with Gasteiger partial charge in [0.05, 0.1) is 23.8 Å². The van der Waals surface area contributed by atoms with Gasteiger partial charge in [-0.3, -0.25) is 4.98 Å². The third-order valence-electron chi connectivity index (χ3n) is 7.08. The number of hydrogen-bond acceptors (Lipinski definition) is 12. The Bertz CT molecular complexity index is 1070. The van der Waals surface area contributed by atoms with E-state index in [0.717, 1.165) is 37.6 Å². The van der Waals surface area contributed by atoms with Gasteiger partial charge in [0.15, 0.2) is 11.6 Å². The predicted molar refractivity (Wildman–Crippen MR) is 158 cm³/mol. The van der Waals surface area contributed by atoms with Gasteiger partial charge >= 0.3 is 0 Å². The molecule has 228 valence electrons. The molecule has 2 aromatic rings. The summed E-state index contributed by atoms with van der Waals surface area (Å²) >= 11 is 7.67. The van der Waals surface area contributed by atoms with E-state index in [4.69, 9.17) is 30.5 Å². The van der Waals surface area contributed by atoms with Gasteiger partial charge in [0.2, 0.25) is 0 Å². The maximum Gasteiger partial charge on any atom is 0.162 e. The lowest BCUT2D eigenvalue weighted by atomic mass is 10.1. The molecule has 0 aromatic carbocycles. The van der Waals surface area contributed by atoms with Crippen LogP contribution < -0.4 is 4.90 Å². The number of rotatable bonds is 13. The van der Waals surface area contributed by atoms with Gasteiger partial charge in [-0.1, -0.05) is 29.6 Å². The number of piperazine rings is 1. The molecule has 2 N–H and O–H groups in total. The summed E-state index contributed by atoms with van der Waals surface area (Å²) in [4.78, 5) is 11.0. The summed E-state index contributed by atoms with van der Waals surface area (Å²) in [6.45, 7) is 10.3. The number of nitrogens with zero attached hydrogens (tertiary/aromatic N) is 5. The first-order valence-electron chi connectivity index (χ1n) is 13.8. The molecule has 4 atom stereocenters. The zero-order valence-electron chi connectivity index (χ0n) is 24.4. The molecular formula is C28H42ClN5O6S. The summed E-state index contributed by atoms with van der Waals surface area (Å²) in [6.07, 6.45) is 3.79. The van der Waals surface area contributed by atoms with E-state index in [2.05, 4.69) is 19.2 Å². The topological polar surface area (TPSA) is 113 Å². The van der Waals surface area contributed by atoms with Crippen molar-refractivity contribution in [2.75, 3.05) is 50.5 Å². The van der Waals surface area contributed by atoms with E-state index in [1.165, 1.54) is 5.06 Å². The standard InChI is InChI=1S/C28H42ClN5O6S/c1-27(2,35)40-23-15-26(39-24(23)18-38-28(3,4)37-5)34(36)22(20-7-6-10-30-16-20)19-41-33-13-11-32(12-14-33)25-9-8-21(29)17-31-25/h6-10,16-17,22-24,26,35-36H,11-15,18-19H2,1-5H3. The van der Waals surface area contributed by atoms with Crippen LogP contribution in [0.2, 0.25) is 5.02 Å². The third kappa shape index (κ3) is 9.45. The lowest BCUT2D eigenvalue weighted by Gasteiger charge is -2.36. The molecule has 2 aliphatic heterocycles. The molecule has 0 spiro atoms. The first-order valence-corrected chi connectivity index (χ1v) is 15.1. The van der Waals surface area contributed by atoms with Crippen molar-refractivity contribution in [1.29, 1.82) is 0 Å². The first-order chi connectivity index (χ1) is 19.4. The van der Waals surface area contributed by atoms with Gasteiger partial charge in [-0.15, -0.1) is 0 Å². The number of aromatic nitrogens is 2. The molecule has 0 saturated carbocycles. The van der Waals surface area contributed by atoms with Crippen LogP contribution in [0.3, 0.4) is 0 Å². The lowest BCUT2D eigenvalue weighted by molar-refractivity contribution is -0.257. The zero-order chi connectivity index (χ0) is 29.6. The van der Waals surface area contributed by atoms with Gasteiger partial charge in [0, 0.05) is 64.1 Å². The fraction of sp³-hybridized carbons (Fsp3) is 0.643. The molecule has 0 radical (unpaired) electrons. The lowest BCUT2D eigenvalue weighted by Crippen LogP contribution is -2.44. The van der Waals surface area contributed by atoms with Gasteiger partial charge in [-0.05, 0) is 51.5 Å². The number of methoxy groups -OCH3 is 1. The molecule has 2 saturated heterocycles. The monoisotopic (exact) mass is 611 g/mol. The Morgan fingerprint density at radius 3 is 2.54 bits per heavy atom. The van der Waals surface area contributed by atoms with Crippen LogP contribution in [0.1, 0.15) is 45.7 Å². The number of ether oxygens (including phenoxy) is 4. The summed E-state index contributed by atoms with van der Waals surface area (Å²) in [5.41, 5.74) is 0.871. The van der Waals surface area contributed by atoms with Crippen molar-refractivity contribution < 1.29 is 29.3 Å². The molecule has 0 amide bonds. The molecule has 41 heavy (non-hydrogen) atoms. The molecular weight excluding hydrogens is 570 g/mol. The fourth-order valence-electron chi connectivity index (χ4n) is 4.73. The van der Waals surface area contributed by atoms with Crippen molar-refractivity contribution in [3.05, 3.63) is 53.4 Å². The van der Waals surface area contributed by atoms with E-state index in [-0.39, 0.29) is 6.61 Å². The average Bonchev–Trinajstić information content (AvgIpc) is 3.34. The first kappa shape index (κ1) is 32.3. The minimum absolute atomic E-state index is 0.172. The highest BCUT2D eigenvalue weighted by Crippen LogP contribution is 2.35. The SMILES string of the molecule is COC(C)(C)OCC1OC(N(O)C(CSN2CCN(c3ccc(Cl)cn3)CC2)c2cccnc2)CC1OC(C)(C)O. The van der Waals surface area contributed by atoms with Crippen molar-refractivity contribution in [3.8, 4) is 0 Å². The Hall–Kier alpha value is -1.58. The van der Waals surface area contributed by atoms with Crippen molar-refractivity contribution in [1.82, 2.24) is 19.3 Å². The summed E-state index contributed by atoms with van der Waals surface area (Å²) in [5.74, 6) is -0.693. The van der Waals surface area contributed by atoms with E-state index in [1.54, 1.807) is 51.5 Å².